The van der Waals surface area contributed by atoms with E-state index in [1.54, 1.807) is 17.8 Å². The van der Waals surface area contributed by atoms with Crippen molar-refractivity contribution >= 4 is 68.5 Å². The van der Waals surface area contributed by atoms with Crippen molar-refractivity contribution in [3.8, 4) is 0 Å². The minimum Gasteiger partial charge on any atom is -0.384 e. The summed E-state index contributed by atoms with van der Waals surface area (Å²) in [6.45, 7) is 0. The summed E-state index contributed by atoms with van der Waals surface area (Å²) >= 11 is 3.70. The molecule has 1 atom stereocenters. The van der Waals surface area contributed by atoms with E-state index in [2.05, 4.69) is 27.4 Å². The number of benzene rings is 1. The van der Waals surface area contributed by atoms with Crippen LogP contribution >= 0.6 is 40.2 Å². The number of halogens is 3. The van der Waals surface area contributed by atoms with Gasteiger partial charge in [0.05, 0.1) is 17.7 Å². The fourth-order valence-corrected chi connectivity index (χ4v) is 5.85. The van der Waals surface area contributed by atoms with Crippen LogP contribution in [0.2, 0.25) is 0 Å². The van der Waals surface area contributed by atoms with Gasteiger partial charge < -0.3 is 11.1 Å². The Bertz CT molecular complexity index is 1030. The summed E-state index contributed by atoms with van der Waals surface area (Å²) < 4.78 is 28.3. The first-order chi connectivity index (χ1) is 13.5. The Hall–Kier alpha value is -1.19. The van der Waals surface area contributed by atoms with E-state index in [0.717, 1.165) is 10.6 Å². The second kappa shape index (κ2) is 9.31. The quantitative estimate of drug-likeness (QED) is 0.195. The number of imidazole rings is 1. The highest BCUT2D eigenvalue weighted by molar-refractivity contribution is 14.2. The Morgan fingerprint density at radius 1 is 1.28 bits per heavy atom. The maximum absolute atomic E-state index is 13.4. The zero-order valence-corrected chi connectivity index (χ0v) is 19.0. The van der Waals surface area contributed by atoms with Gasteiger partial charge in [-0.3, -0.25) is 4.34 Å². The second-order valence-corrected chi connectivity index (χ2v) is 9.58. The molecule has 10 heteroatoms. The van der Waals surface area contributed by atoms with Crippen molar-refractivity contribution in [1.82, 2.24) is 14.3 Å². The molecule has 0 spiro atoms. The molecule has 29 heavy (non-hydrogen) atoms. The molecule has 1 saturated carbocycles. The Morgan fingerprint density at radius 2 is 2.03 bits per heavy atom. The number of hydrogen-bond acceptors (Lipinski definition) is 5. The fraction of sp³-hybridized carbons (Fsp3) is 0.368. The minimum absolute atomic E-state index is 0. The zero-order valence-electron chi connectivity index (χ0n) is 15.0. The number of pyridine rings is 1. The average Bonchev–Trinajstić information content (AvgIpc) is 3.00. The Morgan fingerprint density at radius 3 is 2.62 bits per heavy atom. The smallest absolute Gasteiger partial charge is 0.295 e. The van der Waals surface area contributed by atoms with Gasteiger partial charge >= 0.3 is 0 Å². The van der Waals surface area contributed by atoms with E-state index in [9.17, 15) is 8.78 Å². The standard InChI is InChI=1S/C18H19F2IN5PS.CH4/c1-28-13-7-10(9-3-2-4-9)5-6-11(13)23-12-8-14(22)24-17-15(12)25-18(16(19)20)26(17)27-21;/h5-9,16,27H,2-4H2,1H3,(H3,22,23,24);1H4. The normalized spacial score (nSPS) is 14.5. The zero-order chi connectivity index (χ0) is 19.8. The van der Waals surface area contributed by atoms with Crippen LogP contribution in [-0.2, 0) is 0 Å². The lowest BCUT2D eigenvalue weighted by molar-refractivity contribution is 0.140. The van der Waals surface area contributed by atoms with E-state index in [0.29, 0.717) is 22.8 Å². The van der Waals surface area contributed by atoms with Gasteiger partial charge in [-0.25, -0.2) is 18.7 Å². The van der Waals surface area contributed by atoms with E-state index in [4.69, 9.17) is 5.73 Å². The summed E-state index contributed by atoms with van der Waals surface area (Å²) in [5.41, 5.74) is 9.60. The number of aromatic nitrogens is 3. The molecule has 2 heterocycles. The third-order valence-electron chi connectivity index (χ3n) is 5.01. The molecule has 0 bridgehead atoms. The van der Waals surface area contributed by atoms with Gasteiger partial charge in [0.2, 0.25) is 0 Å². The van der Waals surface area contributed by atoms with Gasteiger partial charge in [0, 0.05) is 11.0 Å². The van der Waals surface area contributed by atoms with Crippen LogP contribution in [0.5, 0.6) is 0 Å². The number of alkyl halides is 2. The van der Waals surface area contributed by atoms with Crippen LogP contribution in [0, 0.1) is 0 Å². The lowest BCUT2D eigenvalue weighted by Crippen LogP contribution is -2.09. The highest BCUT2D eigenvalue weighted by Gasteiger charge is 2.23. The molecule has 3 aromatic rings. The van der Waals surface area contributed by atoms with E-state index >= 15 is 0 Å². The molecule has 0 aliphatic heterocycles. The fourth-order valence-electron chi connectivity index (χ4n) is 3.36. The number of thioether (sulfide) groups is 1. The lowest BCUT2D eigenvalue weighted by Gasteiger charge is -2.26. The van der Waals surface area contributed by atoms with Gasteiger partial charge in [-0.05, 0) is 64.8 Å². The van der Waals surface area contributed by atoms with E-state index in [1.807, 2.05) is 34.4 Å². The van der Waals surface area contributed by atoms with Crippen LogP contribution in [0.3, 0.4) is 0 Å². The predicted octanol–water partition coefficient (Wildman–Crippen LogP) is 7.11. The summed E-state index contributed by atoms with van der Waals surface area (Å²) in [5.74, 6) is 0.634. The molecule has 1 aliphatic rings. The van der Waals surface area contributed by atoms with E-state index < -0.39 is 6.43 Å². The molecular formula is C19H23F2IN5PS. The molecule has 3 N–H and O–H groups in total. The summed E-state index contributed by atoms with van der Waals surface area (Å²) in [6, 6.07) is 8.05. The highest BCUT2D eigenvalue weighted by atomic mass is 127. The van der Waals surface area contributed by atoms with Gasteiger partial charge in [0.25, 0.3) is 6.43 Å². The second-order valence-electron chi connectivity index (χ2n) is 6.67. The first-order valence-corrected chi connectivity index (χ1v) is 14.1. The lowest BCUT2D eigenvalue weighted by atomic mass is 9.80. The van der Waals surface area contributed by atoms with Crippen LogP contribution in [0.25, 0.3) is 11.2 Å². The summed E-state index contributed by atoms with van der Waals surface area (Å²) in [7, 11) is 0. The molecule has 2 aromatic heterocycles. The molecule has 156 valence electrons. The van der Waals surface area contributed by atoms with Crippen LogP contribution in [-0.4, -0.2) is 20.6 Å². The third kappa shape index (κ3) is 4.32. The van der Waals surface area contributed by atoms with Crippen LogP contribution < -0.4 is 11.1 Å². The van der Waals surface area contributed by atoms with Gasteiger partial charge in [-0.15, -0.1) is 11.8 Å². The number of nitrogens with two attached hydrogens (primary N) is 1. The number of fused-ring (bicyclic) bond motifs is 1. The van der Waals surface area contributed by atoms with Crippen LogP contribution in [0.4, 0.5) is 26.0 Å². The molecule has 1 aromatic carbocycles. The van der Waals surface area contributed by atoms with Crippen molar-refractivity contribution in [2.75, 3.05) is 17.3 Å². The predicted molar refractivity (Wildman–Crippen MR) is 129 cm³/mol. The van der Waals surface area contributed by atoms with Crippen molar-refractivity contribution in [1.29, 1.82) is 0 Å². The molecule has 0 amide bonds. The Balaban J connectivity index is 0.00000240. The Labute approximate surface area is 188 Å². The van der Waals surface area contributed by atoms with Crippen molar-refractivity contribution in [2.45, 2.75) is 43.9 Å². The van der Waals surface area contributed by atoms with Crippen LogP contribution in [0.15, 0.2) is 29.2 Å². The summed E-state index contributed by atoms with van der Waals surface area (Å²) in [6.07, 6.45) is 3.19. The molecule has 5 nitrogen and oxygen atoms in total. The van der Waals surface area contributed by atoms with Gasteiger partial charge in [-0.1, -0.05) is 19.9 Å². The number of nitrogen functional groups attached to an aromatic ring is 1. The van der Waals surface area contributed by atoms with Crippen molar-refractivity contribution < 1.29 is 8.78 Å². The maximum Gasteiger partial charge on any atom is 0.295 e. The number of nitrogens with one attached hydrogen (secondary N) is 1. The topological polar surface area (TPSA) is 68.8 Å². The molecule has 4 rings (SSSR count). The summed E-state index contributed by atoms with van der Waals surface area (Å²) in [4.78, 5) is 9.53. The van der Waals surface area contributed by atoms with Gasteiger partial charge in [0.1, 0.15) is 11.3 Å². The molecule has 1 unspecified atom stereocenters. The average molecular weight is 549 g/mol. The van der Waals surface area contributed by atoms with E-state index in [-0.39, 0.29) is 25.4 Å². The number of nitrogens with zero attached hydrogens (tertiary/aromatic N) is 3. The van der Waals surface area contributed by atoms with Gasteiger partial charge in [-0.2, -0.15) is 0 Å². The van der Waals surface area contributed by atoms with Crippen molar-refractivity contribution in [3.05, 3.63) is 35.7 Å². The molecule has 1 aliphatic carbocycles. The monoisotopic (exact) mass is 549 g/mol. The highest BCUT2D eigenvalue weighted by Crippen LogP contribution is 2.41. The first kappa shape index (κ1) is 22.5. The van der Waals surface area contributed by atoms with Crippen molar-refractivity contribution in [3.63, 3.8) is 0 Å². The number of rotatable bonds is 6. The van der Waals surface area contributed by atoms with E-state index in [1.165, 1.54) is 29.2 Å². The molecule has 0 radical (unpaired) electrons. The van der Waals surface area contributed by atoms with Crippen molar-refractivity contribution in [2.24, 2.45) is 0 Å². The number of hydrogen-bond donors (Lipinski definition) is 2. The number of anilines is 3. The van der Waals surface area contributed by atoms with Crippen LogP contribution in [0.1, 0.15) is 50.4 Å². The molecule has 1 fully saturated rings. The van der Waals surface area contributed by atoms with Gasteiger partial charge in [0.15, 0.2) is 11.5 Å². The third-order valence-corrected chi connectivity index (χ3v) is 7.85. The SMILES string of the molecule is C.CSc1cc(C2CCC2)ccc1Nc1cc(N)nc2c1nc(C(F)F)n2PI. The Kier molecular flexibility index (Phi) is 7.22. The molecular weight excluding hydrogens is 526 g/mol. The first-order valence-electron chi connectivity index (χ1n) is 8.80. The largest absolute Gasteiger partial charge is 0.384 e. The minimum atomic E-state index is -2.67. The molecule has 0 saturated heterocycles. The summed E-state index contributed by atoms with van der Waals surface area (Å²) in [5, 5.41) is 3.35. The maximum atomic E-state index is 13.4.